The van der Waals surface area contributed by atoms with Crippen molar-refractivity contribution in [2.24, 2.45) is 5.92 Å². The van der Waals surface area contributed by atoms with E-state index in [2.05, 4.69) is 4.90 Å². The second-order valence-corrected chi connectivity index (χ2v) is 8.18. The first-order valence-electron chi connectivity index (χ1n) is 7.71. The molecule has 20 heavy (non-hydrogen) atoms. The van der Waals surface area contributed by atoms with Crippen molar-refractivity contribution in [3.8, 4) is 0 Å². The SMILES string of the molecule is O=S(=O)(N1CCCC(CO)C1)N1CCN2CCCC2C1. The highest BCUT2D eigenvalue weighted by Gasteiger charge is 2.39. The minimum atomic E-state index is -3.34. The fraction of sp³-hybridized carbons (Fsp3) is 1.00. The fourth-order valence-electron chi connectivity index (χ4n) is 3.72. The Balaban J connectivity index is 1.68. The Morgan fingerprint density at radius 3 is 2.50 bits per heavy atom. The molecule has 0 spiro atoms. The van der Waals surface area contributed by atoms with Crippen molar-refractivity contribution in [3.63, 3.8) is 0 Å². The molecule has 0 bridgehead atoms. The van der Waals surface area contributed by atoms with E-state index in [0.29, 0.717) is 32.2 Å². The number of hydrogen-bond acceptors (Lipinski definition) is 4. The summed E-state index contributed by atoms with van der Waals surface area (Å²) in [4.78, 5) is 2.42. The summed E-state index contributed by atoms with van der Waals surface area (Å²) in [6.45, 7) is 4.40. The van der Waals surface area contributed by atoms with Gasteiger partial charge >= 0.3 is 0 Å². The monoisotopic (exact) mass is 303 g/mol. The number of aliphatic hydroxyl groups excluding tert-OH is 1. The Bertz CT molecular complexity index is 442. The van der Waals surface area contributed by atoms with Gasteiger partial charge in [0.2, 0.25) is 0 Å². The number of piperidine rings is 1. The van der Waals surface area contributed by atoms with E-state index in [9.17, 15) is 13.5 Å². The van der Waals surface area contributed by atoms with E-state index in [1.165, 1.54) is 6.42 Å². The van der Waals surface area contributed by atoms with Gasteiger partial charge in [-0.2, -0.15) is 17.0 Å². The van der Waals surface area contributed by atoms with E-state index < -0.39 is 10.2 Å². The molecule has 0 aromatic rings. The highest BCUT2D eigenvalue weighted by atomic mass is 32.2. The lowest BCUT2D eigenvalue weighted by molar-refractivity contribution is 0.137. The van der Waals surface area contributed by atoms with Crippen LogP contribution in [0.4, 0.5) is 0 Å². The van der Waals surface area contributed by atoms with Gasteiger partial charge in [0.05, 0.1) is 0 Å². The van der Waals surface area contributed by atoms with Gasteiger partial charge in [-0.1, -0.05) is 0 Å². The lowest BCUT2D eigenvalue weighted by Crippen LogP contribution is -2.56. The van der Waals surface area contributed by atoms with E-state index in [-0.39, 0.29) is 12.5 Å². The second kappa shape index (κ2) is 5.88. The molecule has 0 amide bonds. The maximum atomic E-state index is 12.7. The molecule has 0 saturated carbocycles. The molecule has 3 aliphatic rings. The summed E-state index contributed by atoms with van der Waals surface area (Å²) >= 11 is 0. The maximum Gasteiger partial charge on any atom is 0.282 e. The molecule has 0 aromatic carbocycles. The number of hydrogen-bond donors (Lipinski definition) is 1. The third-order valence-electron chi connectivity index (χ3n) is 4.94. The molecule has 116 valence electrons. The van der Waals surface area contributed by atoms with Gasteiger partial charge in [-0.3, -0.25) is 4.90 Å². The van der Waals surface area contributed by atoms with Gasteiger partial charge < -0.3 is 5.11 Å². The first-order chi connectivity index (χ1) is 9.61. The van der Waals surface area contributed by atoms with Gasteiger partial charge in [-0.25, -0.2) is 0 Å². The molecule has 3 rings (SSSR count). The van der Waals surface area contributed by atoms with Gasteiger partial charge in [-0.05, 0) is 38.1 Å². The predicted octanol–water partition coefficient (Wildman–Crippen LogP) is -0.284. The Kier molecular flexibility index (Phi) is 4.33. The summed E-state index contributed by atoms with van der Waals surface area (Å²) in [6.07, 6.45) is 4.09. The van der Waals surface area contributed by atoms with Crippen LogP contribution in [0.3, 0.4) is 0 Å². The Morgan fingerprint density at radius 2 is 1.70 bits per heavy atom. The van der Waals surface area contributed by atoms with E-state index in [1.807, 2.05) is 0 Å². The zero-order valence-corrected chi connectivity index (χ0v) is 12.8. The van der Waals surface area contributed by atoms with E-state index in [0.717, 1.165) is 32.4 Å². The van der Waals surface area contributed by atoms with Crippen LogP contribution < -0.4 is 0 Å². The lowest BCUT2D eigenvalue weighted by atomic mass is 10.0. The summed E-state index contributed by atoms with van der Waals surface area (Å²) in [5, 5.41) is 9.27. The number of aliphatic hydroxyl groups is 1. The first-order valence-corrected chi connectivity index (χ1v) is 9.11. The average molecular weight is 303 g/mol. The summed E-state index contributed by atoms with van der Waals surface area (Å²) in [6, 6.07) is 0.414. The molecule has 0 radical (unpaired) electrons. The number of nitrogens with zero attached hydrogens (tertiary/aromatic N) is 3. The molecule has 0 aliphatic carbocycles. The van der Waals surface area contributed by atoms with Gasteiger partial charge in [0, 0.05) is 45.4 Å². The number of rotatable bonds is 3. The van der Waals surface area contributed by atoms with Crippen molar-refractivity contribution < 1.29 is 13.5 Å². The van der Waals surface area contributed by atoms with Gasteiger partial charge in [0.25, 0.3) is 10.2 Å². The first kappa shape index (κ1) is 14.7. The molecule has 1 N–H and O–H groups in total. The molecule has 2 unspecified atom stereocenters. The summed E-state index contributed by atoms with van der Waals surface area (Å²) < 4.78 is 28.7. The normalized spacial score (nSPS) is 34.2. The zero-order chi connectivity index (χ0) is 14.2. The molecule has 3 saturated heterocycles. The predicted molar refractivity (Wildman–Crippen MR) is 76.5 cm³/mol. The number of fused-ring (bicyclic) bond motifs is 1. The standard InChI is InChI=1S/C13H25N3O3S/c17-11-12-3-1-6-15(9-12)20(18,19)16-8-7-14-5-2-4-13(14)10-16/h12-13,17H,1-11H2. The van der Waals surface area contributed by atoms with Crippen LogP contribution in [0.15, 0.2) is 0 Å². The van der Waals surface area contributed by atoms with Crippen LogP contribution in [0.1, 0.15) is 25.7 Å². The van der Waals surface area contributed by atoms with E-state index in [4.69, 9.17) is 0 Å². The Morgan fingerprint density at radius 1 is 0.950 bits per heavy atom. The summed E-state index contributed by atoms with van der Waals surface area (Å²) in [5.41, 5.74) is 0. The molecule has 2 atom stereocenters. The van der Waals surface area contributed by atoms with Crippen molar-refractivity contribution in [3.05, 3.63) is 0 Å². The highest BCUT2D eigenvalue weighted by molar-refractivity contribution is 7.86. The second-order valence-electron chi connectivity index (χ2n) is 6.25. The maximum absolute atomic E-state index is 12.7. The van der Waals surface area contributed by atoms with Crippen molar-refractivity contribution in [2.45, 2.75) is 31.7 Å². The third kappa shape index (κ3) is 2.74. The van der Waals surface area contributed by atoms with Gasteiger partial charge in [0.1, 0.15) is 0 Å². The molecule has 0 aromatic heterocycles. The molecule has 3 heterocycles. The van der Waals surface area contributed by atoms with Crippen molar-refractivity contribution in [2.75, 3.05) is 45.9 Å². The van der Waals surface area contributed by atoms with Crippen LogP contribution in [-0.2, 0) is 10.2 Å². The number of piperazine rings is 1. The van der Waals surface area contributed by atoms with Crippen LogP contribution in [0.25, 0.3) is 0 Å². The van der Waals surface area contributed by atoms with E-state index >= 15 is 0 Å². The van der Waals surface area contributed by atoms with Crippen LogP contribution in [-0.4, -0.2) is 79.0 Å². The summed E-state index contributed by atoms with van der Waals surface area (Å²) in [7, 11) is -3.34. The minimum Gasteiger partial charge on any atom is -0.396 e. The fourth-order valence-corrected chi connectivity index (χ4v) is 5.48. The smallest absolute Gasteiger partial charge is 0.282 e. The molecule has 6 nitrogen and oxygen atoms in total. The molecular weight excluding hydrogens is 278 g/mol. The van der Waals surface area contributed by atoms with Gasteiger partial charge in [0.15, 0.2) is 0 Å². The van der Waals surface area contributed by atoms with Crippen molar-refractivity contribution >= 4 is 10.2 Å². The molecule has 3 fully saturated rings. The highest BCUT2D eigenvalue weighted by Crippen LogP contribution is 2.26. The van der Waals surface area contributed by atoms with E-state index in [1.54, 1.807) is 8.61 Å². The Hall–Kier alpha value is -0.210. The molecule has 3 aliphatic heterocycles. The van der Waals surface area contributed by atoms with Crippen molar-refractivity contribution in [1.82, 2.24) is 13.5 Å². The molecular formula is C13H25N3O3S. The molecule has 7 heteroatoms. The van der Waals surface area contributed by atoms with Crippen LogP contribution >= 0.6 is 0 Å². The van der Waals surface area contributed by atoms with Crippen LogP contribution in [0.5, 0.6) is 0 Å². The Labute approximate surface area is 121 Å². The van der Waals surface area contributed by atoms with Crippen LogP contribution in [0, 0.1) is 5.92 Å². The van der Waals surface area contributed by atoms with Crippen LogP contribution in [0.2, 0.25) is 0 Å². The summed E-state index contributed by atoms with van der Waals surface area (Å²) in [5.74, 6) is 0.103. The average Bonchev–Trinajstić information content (AvgIpc) is 2.94. The third-order valence-corrected chi connectivity index (χ3v) is 6.91. The van der Waals surface area contributed by atoms with Gasteiger partial charge in [-0.15, -0.1) is 0 Å². The largest absolute Gasteiger partial charge is 0.396 e. The minimum absolute atomic E-state index is 0.0857. The lowest BCUT2D eigenvalue weighted by Gasteiger charge is -2.40. The topological polar surface area (TPSA) is 64.1 Å². The quantitative estimate of drug-likeness (QED) is 0.778. The van der Waals surface area contributed by atoms with Crippen molar-refractivity contribution in [1.29, 1.82) is 0 Å². The zero-order valence-electron chi connectivity index (χ0n) is 11.9.